The molecule has 4 rings (SSSR count). The van der Waals surface area contributed by atoms with E-state index in [1.54, 1.807) is 48.3 Å². The summed E-state index contributed by atoms with van der Waals surface area (Å²) in [7, 11) is 0.220. The highest BCUT2D eigenvalue weighted by Gasteiger charge is 2.19. The Labute approximate surface area is 187 Å². The Morgan fingerprint density at radius 1 is 1.12 bits per heavy atom. The Bertz CT molecular complexity index is 1330. The molecule has 0 aliphatic rings. The smallest absolute Gasteiger partial charge is 0.138 e. The molecule has 32 heavy (non-hydrogen) atoms. The van der Waals surface area contributed by atoms with Crippen molar-refractivity contribution in [2.24, 2.45) is 7.05 Å². The first-order valence-electron chi connectivity index (χ1n) is 10.2. The van der Waals surface area contributed by atoms with Crippen molar-refractivity contribution in [3.63, 3.8) is 0 Å². The van der Waals surface area contributed by atoms with Crippen LogP contribution in [0.5, 0.6) is 17.2 Å². The van der Waals surface area contributed by atoms with Crippen molar-refractivity contribution in [3.8, 4) is 17.2 Å². The maximum atomic E-state index is 13.1. The minimum absolute atomic E-state index is 0.280. The van der Waals surface area contributed by atoms with Gasteiger partial charge in [0.05, 0.1) is 29.3 Å². The molecule has 2 N–H and O–H groups in total. The minimum atomic E-state index is -3.22. The molecule has 166 valence electrons. The molecule has 0 aliphatic carbocycles. The van der Waals surface area contributed by atoms with Crippen molar-refractivity contribution in [1.82, 2.24) is 19.5 Å². The Hall–Kier alpha value is -3.43. The number of pyridine rings is 1. The third-order valence-corrected chi connectivity index (χ3v) is 6.65. The standard InChI is InChI=1S/C23H25N5O3S/c1-4-20(21-12-14-28(2)26-21)27-32(24,29)18-8-5-16(6-9-18)31-23-11-13-25-22-15-17(30-3)7-10-19(22)23/h5-15,20H,4H2,1-3H3,(H2,24,27,29)/t20-,32?/m0/s1. The van der Waals surface area contributed by atoms with Gasteiger partial charge in [-0.2, -0.15) is 5.10 Å². The lowest BCUT2D eigenvalue weighted by Gasteiger charge is -2.17. The van der Waals surface area contributed by atoms with Crippen molar-refractivity contribution in [2.45, 2.75) is 24.3 Å². The number of hydrogen-bond donors (Lipinski definition) is 2. The number of nitrogens with one attached hydrogen (secondary N) is 2. The molecule has 0 saturated heterocycles. The van der Waals surface area contributed by atoms with E-state index in [1.807, 2.05) is 44.4 Å². The van der Waals surface area contributed by atoms with Crippen molar-refractivity contribution in [3.05, 3.63) is 72.7 Å². The molecule has 0 fully saturated rings. The quantitative estimate of drug-likeness (QED) is 0.399. The predicted molar refractivity (Wildman–Crippen MR) is 123 cm³/mol. The molecule has 1 unspecified atom stereocenters. The zero-order valence-electron chi connectivity index (χ0n) is 18.1. The fraction of sp³-hybridized carbons (Fsp3) is 0.217. The van der Waals surface area contributed by atoms with E-state index >= 15 is 0 Å². The van der Waals surface area contributed by atoms with E-state index in [1.165, 1.54) is 0 Å². The van der Waals surface area contributed by atoms with Crippen LogP contribution in [0.3, 0.4) is 0 Å². The monoisotopic (exact) mass is 451 g/mol. The second-order valence-corrected chi connectivity index (χ2v) is 9.13. The summed E-state index contributed by atoms with van der Waals surface area (Å²) in [6, 6.07) is 15.7. The molecule has 2 aromatic carbocycles. The van der Waals surface area contributed by atoms with Crippen LogP contribution >= 0.6 is 0 Å². The summed E-state index contributed by atoms with van der Waals surface area (Å²) in [5.41, 5.74) is 1.52. The van der Waals surface area contributed by atoms with E-state index in [-0.39, 0.29) is 6.04 Å². The third kappa shape index (κ3) is 4.58. The van der Waals surface area contributed by atoms with Gasteiger partial charge in [0, 0.05) is 30.9 Å². The Morgan fingerprint density at radius 3 is 2.53 bits per heavy atom. The highest BCUT2D eigenvalue weighted by molar-refractivity contribution is 7.90. The average Bonchev–Trinajstić information content (AvgIpc) is 3.23. The Kier molecular flexibility index (Phi) is 6.11. The number of fused-ring (bicyclic) bond motifs is 1. The van der Waals surface area contributed by atoms with Gasteiger partial charge in [0.15, 0.2) is 0 Å². The van der Waals surface area contributed by atoms with Crippen LogP contribution in [0.2, 0.25) is 0 Å². The number of nitrogens with zero attached hydrogens (tertiary/aromatic N) is 3. The fourth-order valence-corrected chi connectivity index (χ4v) is 4.73. The normalized spacial score (nSPS) is 14.1. The largest absolute Gasteiger partial charge is 0.497 e. The van der Waals surface area contributed by atoms with Crippen molar-refractivity contribution >= 4 is 20.8 Å². The summed E-state index contributed by atoms with van der Waals surface area (Å²) >= 11 is 0. The van der Waals surface area contributed by atoms with E-state index in [0.29, 0.717) is 22.8 Å². The molecule has 9 heteroatoms. The zero-order chi connectivity index (χ0) is 22.7. The van der Waals surface area contributed by atoms with Gasteiger partial charge in [0.1, 0.15) is 27.2 Å². The van der Waals surface area contributed by atoms with Crippen LogP contribution < -0.4 is 14.2 Å². The summed E-state index contributed by atoms with van der Waals surface area (Å²) < 4.78 is 37.5. The molecule has 2 heterocycles. The number of aryl methyl sites for hydroxylation is 1. The van der Waals surface area contributed by atoms with Gasteiger partial charge in [0.25, 0.3) is 0 Å². The van der Waals surface area contributed by atoms with Gasteiger partial charge in [-0.3, -0.25) is 9.67 Å². The average molecular weight is 452 g/mol. The van der Waals surface area contributed by atoms with E-state index in [0.717, 1.165) is 22.3 Å². The van der Waals surface area contributed by atoms with Crippen molar-refractivity contribution in [1.29, 1.82) is 4.78 Å². The van der Waals surface area contributed by atoms with Crippen LogP contribution in [0, 0.1) is 4.78 Å². The van der Waals surface area contributed by atoms with Crippen LogP contribution in [-0.4, -0.2) is 26.1 Å². The lowest BCUT2D eigenvalue weighted by molar-refractivity contribution is 0.415. The minimum Gasteiger partial charge on any atom is -0.497 e. The third-order valence-electron chi connectivity index (χ3n) is 5.10. The van der Waals surface area contributed by atoms with E-state index < -0.39 is 9.92 Å². The van der Waals surface area contributed by atoms with Gasteiger partial charge in [-0.25, -0.2) is 13.7 Å². The number of methoxy groups -OCH3 is 1. The number of ether oxygens (including phenoxy) is 2. The molecule has 4 aromatic rings. The summed E-state index contributed by atoms with van der Waals surface area (Å²) in [6.45, 7) is 1.97. The van der Waals surface area contributed by atoms with Crippen molar-refractivity contribution < 1.29 is 13.7 Å². The molecule has 0 spiro atoms. The second-order valence-electron chi connectivity index (χ2n) is 7.31. The fourth-order valence-electron chi connectivity index (χ4n) is 3.38. The predicted octanol–water partition coefficient (Wildman–Crippen LogP) is 4.83. The molecule has 8 nitrogen and oxygen atoms in total. The molecule has 0 amide bonds. The molecule has 2 aromatic heterocycles. The van der Waals surface area contributed by atoms with Crippen LogP contribution in [0.1, 0.15) is 25.1 Å². The van der Waals surface area contributed by atoms with Crippen LogP contribution in [0.25, 0.3) is 10.9 Å². The highest BCUT2D eigenvalue weighted by atomic mass is 32.2. The number of benzene rings is 2. The van der Waals surface area contributed by atoms with Gasteiger partial charge in [0.2, 0.25) is 0 Å². The highest BCUT2D eigenvalue weighted by Crippen LogP contribution is 2.31. The zero-order valence-corrected chi connectivity index (χ0v) is 18.9. The molecule has 0 saturated carbocycles. The van der Waals surface area contributed by atoms with Gasteiger partial charge in [-0.1, -0.05) is 6.92 Å². The number of aromatic nitrogens is 3. The Balaban J connectivity index is 1.53. The van der Waals surface area contributed by atoms with Gasteiger partial charge < -0.3 is 9.47 Å². The first-order chi connectivity index (χ1) is 15.4. The lowest BCUT2D eigenvalue weighted by Crippen LogP contribution is -2.27. The molecule has 2 atom stereocenters. The molecular weight excluding hydrogens is 426 g/mol. The number of hydrogen-bond acceptors (Lipinski definition) is 6. The summed E-state index contributed by atoms with van der Waals surface area (Å²) in [4.78, 5) is 4.74. The second kappa shape index (κ2) is 8.97. The van der Waals surface area contributed by atoms with E-state index in [4.69, 9.17) is 14.3 Å². The van der Waals surface area contributed by atoms with Gasteiger partial charge >= 0.3 is 0 Å². The maximum Gasteiger partial charge on any atom is 0.138 e. The molecule has 0 radical (unpaired) electrons. The summed E-state index contributed by atoms with van der Waals surface area (Å²) in [6.07, 6.45) is 4.17. The van der Waals surface area contributed by atoms with Crippen LogP contribution in [0.4, 0.5) is 0 Å². The van der Waals surface area contributed by atoms with Gasteiger partial charge in [-0.15, -0.1) is 0 Å². The van der Waals surface area contributed by atoms with E-state index in [2.05, 4.69) is 14.8 Å². The molecular formula is C23H25N5O3S. The van der Waals surface area contributed by atoms with Crippen LogP contribution in [-0.2, 0) is 17.0 Å². The molecule has 0 bridgehead atoms. The number of rotatable bonds is 8. The Morgan fingerprint density at radius 2 is 1.88 bits per heavy atom. The first kappa shape index (κ1) is 21.8. The van der Waals surface area contributed by atoms with E-state index in [9.17, 15) is 4.21 Å². The van der Waals surface area contributed by atoms with Gasteiger partial charge in [-0.05, 0) is 55.0 Å². The SMILES string of the molecule is CC[C@H](NS(=N)(=O)c1ccc(Oc2ccnc3cc(OC)ccc23)cc1)c1ccn(C)n1. The topological polar surface area (TPSA) is 102 Å². The first-order valence-corrected chi connectivity index (χ1v) is 11.7. The maximum absolute atomic E-state index is 13.1. The molecule has 0 aliphatic heterocycles. The summed E-state index contributed by atoms with van der Waals surface area (Å²) in [5, 5.41) is 5.22. The van der Waals surface area contributed by atoms with Crippen LogP contribution in [0.15, 0.2) is 71.9 Å². The lowest BCUT2D eigenvalue weighted by atomic mass is 10.2. The van der Waals surface area contributed by atoms with Crippen molar-refractivity contribution in [2.75, 3.05) is 7.11 Å². The summed E-state index contributed by atoms with van der Waals surface area (Å²) in [5.74, 6) is 1.95.